The molecule has 0 bridgehead atoms. The number of carbonyl (C=O) groups is 2. The molecule has 1 N–H and O–H groups in total. The molecule has 0 spiro atoms. The van der Waals surface area contributed by atoms with Crippen LogP contribution in [-0.4, -0.2) is 49.6 Å². The lowest BCUT2D eigenvalue weighted by Crippen LogP contribution is -2.28. The summed E-state index contributed by atoms with van der Waals surface area (Å²) in [5, 5.41) is 8.20. The quantitative estimate of drug-likeness (QED) is 0.366. The van der Waals surface area contributed by atoms with Crippen LogP contribution in [0.15, 0.2) is 42.6 Å². The highest BCUT2D eigenvalue weighted by molar-refractivity contribution is 6.09. The molecular formula is C28H27FN6O3. The van der Waals surface area contributed by atoms with Gasteiger partial charge in [-0.3, -0.25) is 9.59 Å². The Morgan fingerprint density at radius 3 is 2.84 bits per heavy atom. The van der Waals surface area contributed by atoms with Crippen molar-refractivity contribution >= 4 is 28.5 Å². The number of pyridine rings is 1. The van der Waals surface area contributed by atoms with E-state index in [9.17, 15) is 14.0 Å². The predicted octanol–water partition coefficient (Wildman–Crippen LogP) is 4.30. The fourth-order valence-corrected chi connectivity index (χ4v) is 5.17. The molecule has 6 rings (SSSR count). The van der Waals surface area contributed by atoms with Crippen molar-refractivity contribution in [3.8, 4) is 11.5 Å². The Hall–Kier alpha value is -4.05. The average Bonchev–Trinajstić information content (AvgIpc) is 3.61. The number of halogens is 1. The molecule has 3 aromatic heterocycles. The molecule has 1 fully saturated rings. The maximum Gasteiger partial charge on any atom is 0.235 e. The molecular weight excluding hydrogens is 487 g/mol. The SMILES string of the molecule is CC1(C)C(=O)Nc2nc(-c3nn(Cc4ccccc4F)c4ncccc34)nc(C(=O)CCC3CCOC3)c21. The molecule has 1 saturated heterocycles. The number of anilines is 1. The van der Waals surface area contributed by atoms with Gasteiger partial charge in [-0.05, 0) is 50.8 Å². The van der Waals surface area contributed by atoms with E-state index in [4.69, 9.17) is 14.8 Å². The minimum atomic E-state index is -0.955. The third kappa shape index (κ3) is 4.14. The van der Waals surface area contributed by atoms with Gasteiger partial charge in [-0.1, -0.05) is 18.2 Å². The van der Waals surface area contributed by atoms with Crippen molar-refractivity contribution < 1.29 is 18.7 Å². The second-order valence-electron chi connectivity index (χ2n) is 10.4. The zero-order valence-corrected chi connectivity index (χ0v) is 21.2. The number of hydrogen-bond acceptors (Lipinski definition) is 7. The minimum absolute atomic E-state index is 0.144. The van der Waals surface area contributed by atoms with Crippen LogP contribution in [0.3, 0.4) is 0 Å². The molecule has 1 atom stereocenters. The van der Waals surface area contributed by atoms with Gasteiger partial charge in [0.05, 0.1) is 17.3 Å². The number of ketones is 1. The van der Waals surface area contributed by atoms with Crippen LogP contribution in [0.25, 0.3) is 22.6 Å². The minimum Gasteiger partial charge on any atom is -0.381 e. The van der Waals surface area contributed by atoms with E-state index in [0.717, 1.165) is 6.42 Å². The van der Waals surface area contributed by atoms with E-state index < -0.39 is 5.41 Å². The second-order valence-corrected chi connectivity index (χ2v) is 10.4. The first-order valence-electron chi connectivity index (χ1n) is 12.7. The molecule has 10 heteroatoms. The number of hydrogen-bond donors (Lipinski definition) is 1. The fourth-order valence-electron chi connectivity index (χ4n) is 5.17. The third-order valence-corrected chi connectivity index (χ3v) is 7.40. The molecule has 0 saturated carbocycles. The van der Waals surface area contributed by atoms with Crippen molar-refractivity contribution in [3.05, 3.63) is 65.2 Å². The molecule has 0 aliphatic carbocycles. The summed E-state index contributed by atoms with van der Waals surface area (Å²) in [7, 11) is 0. The molecule has 194 valence electrons. The lowest BCUT2D eigenvalue weighted by Gasteiger charge is -2.18. The second kappa shape index (κ2) is 9.36. The third-order valence-electron chi connectivity index (χ3n) is 7.40. The van der Waals surface area contributed by atoms with Crippen LogP contribution < -0.4 is 5.32 Å². The van der Waals surface area contributed by atoms with E-state index >= 15 is 0 Å². The van der Waals surface area contributed by atoms with Crippen LogP contribution in [-0.2, 0) is 21.5 Å². The average molecular weight is 515 g/mol. The van der Waals surface area contributed by atoms with Crippen molar-refractivity contribution in [2.45, 2.75) is 45.1 Å². The van der Waals surface area contributed by atoms with Gasteiger partial charge < -0.3 is 10.1 Å². The molecule has 2 aliphatic heterocycles. The van der Waals surface area contributed by atoms with Crippen LogP contribution in [0.2, 0.25) is 0 Å². The lowest BCUT2D eigenvalue weighted by molar-refractivity contribution is -0.119. The van der Waals surface area contributed by atoms with Gasteiger partial charge in [-0.15, -0.1) is 0 Å². The number of benzene rings is 1. The number of fused-ring (bicyclic) bond motifs is 2. The first-order chi connectivity index (χ1) is 18.3. The zero-order valence-electron chi connectivity index (χ0n) is 21.2. The smallest absolute Gasteiger partial charge is 0.235 e. The largest absolute Gasteiger partial charge is 0.381 e. The summed E-state index contributed by atoms with van der Waals surface area (Å²) < 4.78 is 21.5. The lowest BCUT2D eigenvalue weighted by atomic mass is 9.84. The van der Waals surface area contributed by atoms with Crippen molar-refractivity contribution in [1.29, 1.82) is 0 Å². The number of ether oxygens (including phenoxy) is 1. The summed E-state index contributed by atoms with van der Waals surface area (Å²) in [4.78, 5) is 40.2. The van der Waals surface area contributed by atoms with Gasteiger partial charge in [-0.2, -0.15) is 5.10 Å². The van der Waals surface area contributed by atoms with Crippen molar-refractivity contribution in [3.63, 3.8) is 0 Å². The number of nitrogens with one attached hydrogen (secondary N) is 1. The van der Waals surface area contributed by atoms with Crippen LogP contribution in [0.5, 0.6) is 0 Å². The highest BCUT2D eigenvalue weighted by atomic mass is 19.1. The number of rotatable bonds is 7. The van der Waals surface area contributed by atoms with Gasteiger partial charge in [-0.25, -0.2) is 24.0 Å². The van der Waals surface area contributed by atoms with Gasteiger partial charge in [0.25, 0.3) is 0 Å². The number of nitrogens with zero attached hydrogens (tertiary/aromatic N) is 5. The van der Waals surface area contributed by atoms with E-state index in [1.54, 1.807) is 49.0 Å². The molecule has 38 heavy (non-hydrogen) atoms. The highest BCUT2D eigenvalue weighted by Gasteiger charge is 2.44. The van der Waals surface area contributed by atoms with E-state index in [0.29, 0.717) is 65.6 Å². The van der Waals surface area contributed by atoms with E-state index in [1.807, 2.05) is 6.07 Å². The molecule has 4 aromatic rings. The Kier molecular flexibility index (Phi) is 5.98. The number of Topliss-reactive ketones (excluding diaryl/α,β-unsaturated/α-hetero) is 1. The maximum atomic E-state index is 14.4. The van der Waals surface area contributed by atoms with E-state index in [-0.39, 0.29) is 35.6 Å². The summed E-state index contributed by atoms with van der Waals surface area (Å²) in [5.74, 6) is 0.138. The topological polar surface area (TPSA) is 112 Å². The predicted molar refractivity (Wildman–Crippen MR) is 138 cm³/mol. The van der Waals surface area contributed by atoms with Gasteiger partial charge in [0.15, 0.2) is 17.3 Å². The van der Waals surface area contributed by atoms with Crippen molar-refractivity contribution in [1.82, 2.24) is 24.7 Å². The Balaban J connectivity index is 1.45. The number of carbonyl (C=O) groups excluding carboxylic acids is 2. The van der Waals surface area contributed by atoms with Gasteiger partial charge in [0, 0.05) is 37.0 Å². The van der Waals surface area contributed by atoms with E-state index in [2.05, 4.69) is 15.3 Å². The summed E-state index contributed by atoms with van der Waals surface area (Å²) >= 11 is 0. The van der Waals surface area contributed by atoms with Gasteiger partial charge >= 0.3 is 0 Å². The van der Waals surface area contributed by atoms with Crippen LogP contribution in [0.4, 0.5) is 10.2 Å². The Morgan fingerprint density at radius 2 is 2.05 bits per heavy atom. The van der Waals surface area contributed by atoms with Crippen LogP contribution >= 0.6 is 0 Å². The summed E-state index contributed by atoms with van der Waals surface area (Å²) in [6, 6.07) is 10.1. The summed E-state index contributed by atoms with van der Waals surface area (Å²) in [5.41, 5.74) is 1.19. The first kappa shape index (κ1) is 24.3. The Labute approximate surface area is 218 Å². The van der Waals surface area contributed by atoms with Crippen LogP contribution in [0.1, 0.15) is 54.7 Å². The van der Waals surface area contributed by atoms with Crippen LogP contribution in [0, 0.1) is 11.7 Å². The van der Waals surface area contributed by atoms with Crippen molar-refractivity contribution in [2.24, 2.45) is 5.92 Å². The fraction of sp³-hybridized carbons (Fsp3) is 0.357. The zero-order chi connectivity index (χ0) is 26.4. The Bertz CT molecular complexity index is 1570. The molecule has 1 unspecified atom stereocenters. The van der Waals surface area contributed by atoms with Crippen molar-refractivity contribution in [2.75, 3.05) is 18.5 Å². The molecule has 1 aromatic carbocycles. The molecule has 2 aliphatic rings. The monoisotopic (exact) mass is 514 g/mol. The standard InChI is InChI=1S/C28H27FN6O3/c1-28(2)21-23(20(36)10-9-16-11-13-38-15-16)31-25(32-24(21)33-27(28)37)22-18-7-5-12-30-26(18)35(34-22)14-17-6-3-4-8-19(17)29/h3-8,12,16H,9-11,13-15H2,1-2H3,(H,31,32,33,37). The normalized spacial score (nSPS) is 18.1. The molecule has 0 radical (unpaired) electrons. The Morgan fingerprint density at radius 1 is 1.21 bits per heavy atom. The molecule has 9 nitrogen and oxygen atoms in total. The van der Waals surface area contributed by atoms with Gasteiger partial charge in [0.1, 0.15) is 23.0 Å². The highest BCUT2D eigenvalue weighted by Crippen LogP contribution is 2.40. The summed E-state index contributed by atoms with van der Waals surface area (Å²) in [6.45, 7) is 5.06. The number of amides is 1. The summed E-state index contributed by atoms with van der Waals surface area (Å²) in [6.07, 6.45) is 3.56. The maximum absolute atomic E-state index is 14.4. The molecule has 1 amide bonds. The van der Waals surface area contributed by atoms with Gasteiger partial charge in [0.2, 0.25) is 5.91 Å². The van der Waals surface area contributed by atoms with E-state index in [1.165, 1.54) is 6.07 Å². The molecule has 5 heterocycles. The number of aromatic nitrogens is 5. The first-order valence-corrected chi connectivity index (χ1v) is 12.7.